The number of benzene rings is 2. The van der Waals surface area contributed by atoms with Crippen LogP contribution in [0.25, 0.3) is 10.8 Å². The fourth-order valence-corrected chi connectivity index (χ4v) is 6.18. The minimum absolute atomic E-state index is 0.00518. The smallest absolute Gasteiger partial charge is 0.325 e. The van der Waals surface area contributed by atoms with Gasteiger partial charge in [-0.2, -0.15) is 0 Å². The van der Waals surface area contributed by atoms with Crippen LogP contribution in [0.15, 0.2) is 42.5 Å². The third-order valence-corrected chi connectivity index (χ3v) is 8.33. The molecule has 3 fully saturated rings. The molecule has 7 nitrogen and oxygen atoms in total. The summed E-state index contributed by atoms with van der Waals surface area (Å²) in [5, 5.41) is 7.99. The van der Waals surface area contributed by atoms with Crippen molar-refractivity contribution >= 4 is 28.6 Å². The van der Waals surface area contributed by atoms with Crippen molar-refractivity contribution in [2.45, 2.75) is 69.4 Å². The predicted molar refractivity (Wildman–Crippen MR) is 136 cm³/mol. The van der Waals surface area contributed by atoms with E-state index in [1.165, 1.54) is 38.5 Å². The molecule has 2 aromatic carbocycles. The van der Waals surface area contributed by atoms with Gasteiger partial charge in [-0.3, -0.25) is 19.4 Å². The molecule has 3 aliphatic rings. The molecule has 1 saturated carbocycles. The monoisotopic (exact) mass is 476 g/mol. The minimum Gasteiger partial charge on any atom is -0.353 e. The Bertz CT molecular complexity index is 1120. The van der Waals surface area contributed by atoms with Crippen molar-refractivity contribution in [3.05, 3.63) is 48.0 Å². The number of rotatable bonds is 6. The van der Waals surface area contributed by atoms with E-state index < -0.39 is 17.5 Å². The molecule has 1 aliphatic carbocycles. The van der Waals surface area contributed by atoms with E-state index in [-0.39, 0.29) is 18.0 Å². The first-order valence-corrected chi connectivity index (χ1v) is 13.1. The summed E-state index contributed by atoms with van der Waals surface area (Å²) in [6.07, 6.45) is 9.51. The van der Waals surface area contributed by atoms with Crippen LogP contribution < -0.4 is 10.6 Å². The molecule has 4 amide bonds. The summed E-state index contributed by atoms with van der Waals surface area (Å²) in [6.45, 7) is 4.21. The van der Waals surface area contributed by atoms with E-state index in [0.717, 1.165) is 41.6 Å². The molecule has 0 bridgehead atoms. The molecule has 0 spiro atoms. The zero-order chi connectivity index (χ0) is 24.5. The van der Waals surface area contributed by atoms with Crippen molar-refractivity contribution in [2.75, 3.05) is 26.2 Å². The average molecular weight is 477 g/mol. The Balaban J connectivity index is 1.26. The molecule has 0 aromatic heterocycles. The van der Waals surface area contributed by atoms with Crippen LogP contribution in [-0.2, 0) is 15.1 Å². The number of piperidine rings is 1. The van der Waals surface area contributed by atoms with Crippen LogP contribution in [0.1, 0.15) is 63.9 Å². The Morgan fingerprint density at radius 3 is 2.37 bits per heavy atom. The normalized spacial score (nSPS) is 25.0. The van der Waals surface area contributed by atoms with Crippen LogP contribution in [0.2, 0.25) is 0 Å². The molecule has 2 aliphatic heterocycles. The summed E-state index contributed by atoms with van der Waals surface area (Å²) in [5.41, 5.74) is -0.478. The van der Waals surface area contributed by atoms with Crippen molar-refractivity contribution in [1.29, 1.82) is 0 Å². The summed E-state index contributed by atoms with van der Waals surface area (Å²) in [7, 11) is 0. The van der Waals surface area contributed by atoms with Gasteiger partial charge in [0, 0.05) is 12.1 Å². The maximum atomic E-state index is 13.4. The fourth-order valence-electron chi connectivity index (χ4n) is 6.18. The number of hydrogen-bond donors (Lipinski definition) is 2. The second kappa shape index (κ2) is 9.61. The highest BCUT2D eigenvalue weighted by molar-refractivity contribution is 6.09. The van der Waals surface area contributed by atoms with E-state index >= 15 is 0 Å². The standard InChI is InChI=1S/C28H36N4O3/c1-27(23-13-12-21-10-4-5-11-22(21)18-23)25(34)32(26(35)30-27)19-24(33)29-20-28(14-6-2-7-15-28)31-16-8-3-9-17-31/h4-5,10-13,18H,2-3,6-9,14-17,19-20H2,1H3,(H,29,33)(H,30,35)/t27-/m1/s1. The summed E-state index contributed by atoms with van der Waals surface area (Å²) in [6, 6.07) is 13.1. The highest BCUT2D eigenvalue weighted by Gasteiger charge is 2.49. The molecule has 2 saturated heterocycles. The molecule has 0 unspecified atom stereocenters. The summed E-state index contributed by atoms with van der Waals surface area (Å²) in [5.74, 6) is -0.672. The third kappa shape index (κ3) is 4.54. The summed E-state index contributed by atoms with van der Waals surface area (Å²) >= 11 is 0. The van der Waals surface area contributed by atoms with Crippen LogP contribution in [-0.4, -0.2) is 59.4 Å². The number of nitrogens with zero attached hydrogens (tertiary/aromatic N) is 2. The van der Waals surface area contributed by atoms with Gasteiger partial charge in [0.1, 0.15) is 12.1 Å². The van der Waals surface area contributed by atoms with Gasteiger partial charge in [0.2, 0.25) is 5.91 Å². The van der Waals surface area contributed by atoms with Crippen LogP contribution in [0.4, 0.5) is 4.79 Å². The van der Waals surface area contributed by atoms with Crippen molar-refractivity contribution in [3.8, 4) is 0 Å². The lowest BCUT2D eigenvalue weighted by Gasteiger charge is -2.48. The molecular formula is C28H36N4O3. The maximum absolute atomic E-state index is 13.4. The number of nitrogens with one attached hydrogen (secondary N) is 2. The van der Waals surface area contributed by atoms with Gasteiger partial charge >= 0.3 is 6.03 Å². The van der Waals surface area contributed by atoms with E-state index in [1.807, 2.05) is 42.5 Å². The predicted octanol–water partition coefficient (Wildman–Crippen LogP) is 3.91. The number of imide groups is 1. The first-order chi connectivity index (χ1) is 16.9. The quantitative estimate of drug-likeness (QED) is 0.620. The second-order valence-electron chi connectivity index (χ2n) is 10.6. The Morgan fingerprint density at radius 1 is 0.943 bits per heavy atom. The minimum atomic E-state index is -1.19. The van der Waals surface area contributed by atoms with Crippen LogP contribution in [0, 0.1) is 0 Å². The van der Waals surface area contributed by atoms with E-state index in [2.05, 4.69) is 15.5 Å². The van der Waals surface area contributed by atoms with E-state index in [1.54, 1.807) is 6.92 Å². The molecule has 0 radical (unpaired) electrons. The van der Waals surface area contributed by atoms with E-state index in [9.17, 15) is 14.4 Å². The molecule has 2 aromatic rings. The van der Waals surface area contributed by atoms with Crippen LogP contribution in [0.3, 0.4) is 0 Å². The zero-order valence-electron chi connectivity index (χ0n) is 20.6. The molecule has 7 heteroatoms. The largest absolute Gasteiger partial charge is 0.353 e. The van der Waals surface area contributed by atoms with Gasteiger partial charge < -0.3 is 10.6 Å². The number of carbonyl (C=O) groups is 3. The lowest BCUT2D eigenvalue weighted by Crippen LogP contribution is -2.58. The lowest BCUT2D eigenvalue weighted by atomic mass is 9.79. The van der Waals surface area contributed by atoms with Gasteiger partial charge in [0.15, 0.2) is 0 Å². The SMILES string of the molecule is C[C@]1(c2ccc3ccccc3c2)NC(=O)N(CC(=O)NCC2(N3CCCCC3)CCCCC2)C1=O. The Labute approximate surface area is 207 Å². The number of carbonyl (C=O) groups excluding carboxylic acids is 3. The molecular weight excluding hydrogens is 440 g/mol. The van der Waals surface area contributed by atoms with Gasteiger partial charge in [-0.25, -0.2) is 4.79 Å². The second-order valence-corrected chi connectivity index (χ2v) is 10.6. The van der Waals surface area contributed by atoms with Gasteiger partial charge in [0.25, 0.3) is 5.91 Å². The Kier molecular flexibility index (Phi) is 6.53. The molecule has 2 N–H and O–H groups in total. The van der Waals surface area contributed by atoms with Crippen molar-refractivity contribution in [3.63, 3.8) is 0 Å². The average Bonchev–Trinajstić information content (AvgIpc) is 3.12. The molecule has 1 atom stereocenters. The van der Waals surface area contributed by atoms with Gasteiger partial charge in [-0.1, -0.05) is 62.1 Å². The number of hydrogen-bond acceptors (Lipinski definition) is 4. The fraction of sp³-hybridized carbons (Fsp3) is 0.536. The van der Waals surface area contributed by atoms with E-state index in [4.69, 9.17) is 0 Å². The Hall–Kier alpha value is -2.93. The number of fused-ring (bicyclic) bond motifs is 1. The summed E-state index contributed by atoms with van der Waals surface area (Å²) in [4.78, 5) is 42.8. The maximum Gasteiger partial charge on any atom is 0.325 e. The Morgan fingerprint density at radius 2 is 1.63 bits per heavy atom. The topological polar surface area (TPSA) is 81.8 Å². The molecule has 2 heterocycles. The van der Waals surface area contributed by atoms with Crippen LogP contribution in [0.5, 0.6) is 0 Å². The van der Waals surface area contributed by atoms with Crippen LogP contribution >= 0.6 is 0 Å². The van der Waals surface area contributed by atoms with Gasteiger partial charge in [0.05, 0.1) is 0 Å². The molecule has 5 rings (SSSR count). The van der Waals surface area contributed by atoms with Gasteiger partial charge in [-0.05, 0) is 68.1 Å². The number of urea groups is 1. The first-order valence-electron chi connectivity index (χ1n) is 13.1. The van der Waals surface area contributed by atoms with Crippen molar-refractivity contribution < 1.29 is 14.4 Å². The highest BCUT2D eigenvalue weighted by Crippen LogP contribution is 2.35. The van der Waals surface area contributed by atoms with Gasteiger partial charge in [-0.15, -0.1) is 0 Å². The molecule has 35 heavy (non-hydrogen) atoms. The molecule has 186 valence electrons. The highest BCUT2D eigenvalue weighted by atomic mass is 16.2. The zero-order valence-corrected chi connectivity index (χ0v) is 20.6. The first kappa shape index (κ1) is 23.8. The van der Waals surface area contributed by atoms with E-state index in [0.29, 0.717) is 12.1 Å². The summed E-state index contributed by atoms with van der Waals surface area (Å²) < 4.78 is 0. The number of amides is 4. The third-order valence-electron chi connectivity index (χ3n) is 8.33. The lowest BCUT2D eigenvalue weighted by molar-refractivity contribution is -0.135. The van der Waals surface area contributed by atoms with Crippen molar-refractivity contribution in [2.24, 2.45) is 0 Å². The van der Waals surface area contributed by atoms with Crippen molar-refractivity contribution in [1.82, 2.24) is 20.4 Å². The number of likely N-dealkylation sites (tertiary alicyclic amines) is 1.